The first-order valence-electron chi connectivity index (χ1n) is 8.29. The van der Waals surface area contributed by atoms with Crippen molar-refractivity contribution in [2.24, 2.45) is 0 Å². The zero-order chi connectivity index (χ0) is 14.9. The molecule has 0 amide bonds. The second kappa shape index (κ2) is 16.0. The zero-order valence-electron chi connectivity index (χ0n) is 13.2. The molecule has 0 fully saturated rings. The monoisotopic (exact) mass is 280 g/mol. The topological polar surface area (TPSA) is 37.3 Å². The maximum Gasteiger partial charge on any atom is 0.303 e. The van der Waals surface area contributed by atoms with Crippen molar-refractivity contribution in [1.82, 2.24) is 0 Å². The van der Waals surface area contributed by atoms with Gasteiger partial charge in [0.05, 0.1) is 0 Å². The number of aliphatic carboxylic acids is 1. The van der Waals surface area contributed by atoms with E-state index in [2.05, 4.69) is 31.2 Å². The van der Waals surface area contributed by atoms with Gasteiger partial charge in [0.25, 0.3) is 0 Å². The van der Waals surface area contributed by atoms with Crippen molar-refractivity contribution < 1.29 is 9.90 Å². The Labute approximate surface area is 125 Å². The van der Waals surface area contributed by atoms with E-state index in [9.17, 15) is 4.79 Å². The average Bonchev–Trinajstić information content (AvgIpc) is 2.43. The van der Waals surface area contributed by atoms with Gasteiger partial charge in [0, 0.05) is 6.42 Å². The number of unbranched alkanes of at least 4 members (excludes halogenated alkanes) is 8. The summed E-state index contributed by atoms with van der Waals surface area (Å²) in [4.78, 5) is 10.3. The highest BCUT2D eigenvalue weighted by Gasteiger charge is 1.94. The fraction of sp³-hybridized carbons (Fsp3) is 0.722. The highest BCUT2D eigenvalue weighted by Crippen LogP contribution is 2.05. The van der Waals surface area contributed by atoms with Gasteiger partial charge in [-0.2, -0.15) is 0 Å². The Morgan fingerprint density at radius 3 is 1.75 bits per heavy atom. The molecule has 0 unspecified atom stereocenters. The van der Waals surface area contributed by atoms with Crippen LogP contribution < -0.4 is 0 Å². The molecule has 0 radical (unpaired) electrons. The fourth-order valence-electron chi connectivity index (χ4n) is 2.05. The molecular weight excluding hydrogens is 248 g/mol. The van der Waals surface area contributed by atoms with Gasteiger partial charge in [0.2, 0.25) is 0 Å². The Balaban J connectivity index is 3.18. The van der Waals surface area contributed by atoms with E-state index in [0.717, 1.165) is 25.7 Å². The minimum absolute atomic E-state index is 0.302. The number of allylic oxidation sites excluding steroid dienone is 4. The minimum atomic E-state index is -0.685. The van der Waals surface area contributed by atoms with Crippen LogP contribution in [-0.4, -0.2) is 11.1 Å². The highest BCUT2D eigenvalue weighted by atomic mass is 16.4. The minimum Gasteiger partial charge on any atom is -0.481 e. The van der Waals surface area contributed by atoms with E-state index in [1.165, 1.54) is 44.9 Å². The summed E-state index contributed by atoms with van der Waals surface area (Å²) < 4.78 is 0. The van der Waals surface area contributed by atoms with E-state index in [0.29, 0.717) is 6.42 Å². The molecule has 0 aliphatic carbocycles. The molecule has 0 saturated carbocycles. The van der Waals surface area contributed by atoms with E-state index < -0.39 is 5.97 Å². The summed E-state index contributed by atoms with van der Waals surface area (Å²) in [5.74, 6) is -0.685. The third kappa shape index (κ3) is 16.9. The Bertz CT molecular complexity index is 267. The van der Waals surface area contributed by atoms with Crippen molar-refractivity contribution in [1.29, 1.82) is 0 Å². The van der Waals surface area contributed by atoms with Crippen molar-refractivity contribution in [3.63, 3.8) is 0 Å². The van der Waals surface area contributed by atoms with Crippen molar-refractivity contribution >= 4 is 5.97 Å². The number of carboxylic acid groups (broad SMARTS) is 1. The van der Waals surface area contributed by atoms with E-state index in [-0.39, 0.29) is 0 Å². The predicted octanol–water partition coefficient (Wildman–Crippen LogP) is 5.88. The Morgan fingerprint density at radius 2 is 1.25 bits per heavy atom. The summed E-state index contributed by atoms with van der Waals surface area (Å²) in [6.07, 6.45) is 22.3. The maximum atomic E-state index is 10.3. The average molecular weight is 280 g/mol. The molecule has 116 valence electrons. The van der Waals surface area contributed by atoms with Crippen LogP contribution in [0.25, 0.3) is 0 Å². The maximum absolute atomic E-state index is 10.3. The molecule has 0 aromatic heterocycles. The third-order valence-electron chi connectivity index (χ3n) is 3.31. The van der Waals surface area contributed by atoms with Gasteiger partial charge in [-0.3, -0.25) is 4.79 Å². The van der Waals surface area contributed by atoms with Gasteiger partial charge in [0.1, 0.15) is 0 Å². The van der Waals surface area contributed by atoms with E-state index in [4.69, 9.17) is 5.11 Å². The first-order valence-corrected chi connectivity index (χ1v) is 8.29. The van der Waals surface area contributed by atoms with Crippen LogP contribution in [0.2, 0.25) is 0 Å². The number of hydrogen-bond acceptors (Lipinski definition) is 1. The van der Waals surface area contributed by atoms with Gasteiger partial charge in [-0.1, -0.05) is 50.5 Å². The molecule has 0 aromatic rings. The van der Waals surface area contributed by atoms with Gasteiger partial charge in [-0.05, 0) is 51.4 Å². The van der Waals surface area contributed by atoms with Crippen molar-refractivity contribution in [2.45, 2.75) is 84.0 Å². The summed E-state index contributed by atoms with van der Waals surface area (Å²) in [6.45, 7) is 2.25. The lowest BCUT2D eigenvalue weighted by Crippen LogP contribution is -1.92. The van der Waals surface area contributed by atoms with Gasteiger partial charge in [-0.25, -0.2) is 0 Å². The second-order valence-corrected chi connectivity index (χ2v) is 5.36. The van der Waals surface area contributed by atoms with Gasteiger partial charge >= 0.3 is 5.97 Å². The molecule has 0 spiro atoms. The van der Waals surface area contributed by atoms with Crippen LogP contribution >= 0.6 is 0 Å². The van der Waals surface area contributed by atoms with Crippen molar-refractivity contribution in [3.8, 4) is 0 Å². The quantitative estimate of drug-likeness (QED) is 0.318. The normalized spacial score (nSPS) is 11.7. The SMILES string of the molecule is CCCCCCC=CCCCC=CCCCCC(=O)O. The number of rotatable bonds is 14. The second-order valence-electron chi connectivity index (χ2n) is 5.36. The molecule has 0 saturated heterocycles. The van der Waals surface area contributed by atoms with E-state index >= 15 is 0 Å². The summed E-state index contributed by atoms with van der Waals surface area (Å²) in [7, 11) is 0. The Kier molecular flexibility index (Phi) is 15.2. The van der Waals surface area contributed by atoms with Crippen LogP contribution in [0.15, 0.2) is 24.3 Å². The molecule has 2 heteroatoms. The lowest BCUT2D eigenvalue weighted by Gasteiger charge is -1.95. The van der Waals surface area contributed by atoms with E-state index in [1.54, 1.807) is 0 Å². The Hall–Kier alpha value is -1.05. The summed E-state index contributed by atoms with van der Waals surface area (Å²) in [5, 5.41) is 8.49. The van der Waals surface area contributed by atoms with Crippen LogP contribution in [0.5, 0.6) is 0 Å². The van der Waals surface area contributed by atoms with Crippen LogP contribution in [0.4, 0.5) is 0 Å². The van der Waals surface area contributed by atoms with E-state index in [1.807, 2.05) is 0 Å². The van der Waals surface area contributed by atoms with Gasteiger partial charge in [-0.15, -0.1) is 0 Å². The van der Waals surface area contributed by atoms with Gasteiger partial charge in [0.15, 0.2) is 0 Å². The van der Waals surface area contributed by atoms with Crippen LogP contribution in [0, 0.1) is 0 Å². The largest absolute Gasteiger partial charge is 0.481 e. The molecule has 0 aliphatic heterocycles. The lowest BCUT2D eigenvalue weighted by molar-refractivity contribution is -0.137. The number of carbonyl (C=O) groups is 1. The molecule has 0 heterocycles. The van der Waals surface area contributed by atoms with Crippen molar-refractivity contribution in [2.75, 3.05) is 0 Å². The van der Waals surface area contributed by atoms with Crippen LogP contribution in [-0.2, 0) is 4.79 Å². The van der Waals surface area contributed by atoms with Crippen LogP contribution in [0.3, 0.4) is 0 Å². The van der Waals surface area contributed by atoms with Gasteiger partial charge < -0.3 is 5.11 Å². The standard InChI is InChI=1S/C18H32O2/c1-2-3-4-5-6-7-8-9-10-11-12-13-14-15-16-17-18(19)20/h7-8,12-13H,2-6,9-11,14-17H2,1H3,(H,19,20). The Morgan fingerprint density at radius 1 is 0.750 bits per heavy atom. The molecule has 0 rings (SSSR count). The fourth-order valence-corrected chi connectivity index (χ4v) is 2.05. The number of carboxylic acids is 1. The van der Waals surface area contributed by atoms with Crippen molar-refractivity contribution in [3.05, 3.63) is 24.3 Å². The zero-order valence-corrected chi connectivity index (χ0v) is 13.2. The lowest BCUT2D eigenvalue weighted by atomic mass is 10.1. The number of hydrogen-bond donors (Lipinski definition) is 1. The molecule has 2 nitrogen and oxygen atoms in total. The molecular formula is C18H32O2. The summed E-state index contributed by atoms with van der Waals surface area (Å²) in [6, 6.07) is 0. The predicted molar refractivity (Wildman–Crippen MR) is 87.0 cm³/mol. The third-order valence-corrected chi connectivity index (χ3v) is 3.31. The summed E-state index contributed by atoms with van der Waals surface area (Å²) in [5.41, 5.74) is 0. The first-order chi connectivity index (χ1) is 9.77. The summed E-state index contributed by atoms with van der Waals surface area (Å²) >= 11 is 0. The molecule has 0 bridgehead atoms. The first kappa shape index (κ1) is 18.9. The molecule has 0 atom stereocenters. The molecule has 0 aliphatic rings. The van der Waals surface area contributed by atoms with Crippen LogP contribution in [0.1, 0.15) is 84.0 Å². The highest BCUT2D eigenvalue weighted by molar-refractivity contribution is 5.66. The molecule has 20 heavy (non-hydrogen) atoms. The molecule has 0 aromatic carbocycles. The molecule has 1 N–H and O–H groups in total. The smallest absolute Gasteiger partial charge is 0.303 e.